The smallest absolute Gasteiger partial charge is 0.341 e. The first kappa shape index (κ1) is 21.1. The van der Waals surface area contributed by atoms with Gasteiger partial charge in [-0.1, -0.05) is 42.0 Å². The number of carbonyl (C=O) groups is 2. The second kappa shape index (κ2) is 9.35. The summed E-state index contributed by atoms with van der Waals surface area (Å²) in [6.45, 7) is 4.01. The zero-order chi connectivity index (χ0) is 21.8. The lowest BCUT2D eigenvalue weighted by molar-refractivity contribution is -0.118. The van der Waals surface area contributed by atoms with E-state index in [1.807, 2.05) is 24.3 Å². The van der Waals surface area contributed by atoms with Gasteiger partial charge < -0.3 is 14.8 Å². The fourth-order valence-electron chi connectivity index (χ4n) is 3.71. The van der Waals surface area contributed by atoms with Gasteiger partial charge in [0, 0.05) is 4.88 Å². The van der Waals surface area contributed by atoms with E-state index in [9.17, 15) is 9.59 Å². The van der Waals surface area contributed by atoms with E-state index in [0.29, 0.717) is 22.9 Å². The third-order valence-corrected chi connectivity index (χ3v) is 6.47. The maximum absolute atomic E-state index is 12.5. The number of rotatable bonds is 7. The number of thiophene rings is 1. The Morgan fingerprint density at radius 2 is 1.68 bits per heavy atom. The summed E-state index contributed by atoms with van der Waals surface area (Å²) in [6, 6.07) is 16.0. The Morgan fingerprint density at radius 1 is 1.00 bits per heavy atom. The van der Waals surface area contributed by atoms with Gasteiger partial charge in [-0.2, -0.15) is 0 Å². The molecule has 0 spiro atoms. The van der Waals surface area contributed by atoms with Crippen LogP contribution >= 0.6 is 11.3 Å². The second-order valence-corrected chi connectivity index (χ2v) is 8.61. The first-order valence-electron chi connectivity index (χ1n) is 10.5. The molecular formula is C25H25NO4S. The number of carbonyl (C=O) groups excluding carboxylic acids is 2. The average Bonchev–Trinajstić information content (AvgIpc) is 3.34. The van der Waals surface area contributed by atoms with Gasteiger partial charge >= 0.3 is 5.97 Å². The van der Waals surface area contributed by atoms with Crippen molar-refractivity contribution in [2.75, 3.05) is 18.5 Å². The number of ether oxygens (including phenoxy) is 2. The first-order chi connectivity index (χ1) is 15.0. The quantitative estimate of drug-likeness (QED) is 0.504. The standard InChI is InChI=1S/C25H25NO4S/c1-3-29-25(28)23-20-5-4-6-21(20)31-24(23)26-22(27)15-30-19-13-11-18(12-14-19)17-9-7-16(2)8-10-17/h7-14H,3-6,15H2,1-2H3,(H,26,27). The molecule has 1 heterocycles. The zero-order valence-corrected chi connectivity index (χ0v) is 18.5. The Labute approximate surface area is 186 Å². The Morgan fingerprint density at radius 3 is 2.35 bits per heavy atom. The van der Waals surface area contributed by atoms with E-state index in [4.69, 9.17) is 9.47 Å². The van der Waals surface area contributed by atoms with Gasteiger partial charge in [0.05, 0.1) is 12.2 Å². The molecular weight excluding hydrogens is 410 g/mol. The average molecular weight is 436 g/mol. The van der Waals surface area contributed by atoms with Crippen LogP contribution in [-0.4, -0.2) is 25.1 Å². The van der Waals surface area contributed by atoms with Gasteiger partial charge in [0.15, 0.2) is 6.61 Å². The van der Waals surface area contributed by atoms with Crippen molar-refractivity contribution < 1.29 is 19.1 Å². The summed E-state index contributed by atoms with van der Waals surface area (Å²) >= 11 is 1.47. The third-order valence-electron chi connectivity index (χ3n) is 5.26. The van der Waals surface area contributed by atoms with E-state index in [1.165, 1.54) is 16.9 Å². The normalized spacial score (nSPS) is 12.3. The molecule has 1 aliphatic carbocycles. The molecule has 160 valence electrons. The third kappa shape index (κ3) is 4.80. The molecule has 2 aromatic carbocycles. The molecule has 6 heteroatoms. The molecule has 0 saturated heterocycles. The molecule has 3 aromatic rings. The number of hydrogen-bond donors (Lipinski definition) is 1. The Balaban J connectivity index is 1.39. The maximum Gasteiger partial charge on any atom is 0.341 e. The molecule has 1 N–H and O–H groups in total. The van der Waals surface area contributed by atoms with Crippen LogP contribution in [0, 0.1) is 6.92 Å². The maximum atomic E-state index is 12.5. The van der Waals surface area contributed by atoms with Crippen molar-refractivity contribution in [3.8, 4) is 16.9 Å². The zero-order valence-electron chi connectivity index (χ0n) is 17.7. The van der Waals surface area contributed by atoms with Crippen molar-refractivity contribution in [2.24, 2.45) is 0 Å². The Kier molecular flexibility index (Phi) is 6.37. The molecule has 31 heavy (non-hydrogen) atoms. The van der Waals surface area contributed by atoms with Crippen molar-refractivity contribution in [3.05, 3.63) is 70.1 Å². The molecule has 0 radical (unpaired) electrons. The number of anilines is 1. The van der Waals surface area contributed by atoms with Crippen molar-refractivity contribution >= 4 is 28.2 Å². The number of esters is 1. The molecule has 0 saturated carbocycles. The predicted molar refractivity (Wildman–Crippen MR) is 123 cm³/mol. The largest absolute Gasteiger partial charge is 0.484 e. The van der Waals surface area contributed by atoms with Crippen LogP contribution in [0.5, 0.6) is 5.75 Å². The number of amides is 1. The number of benzene rings is 2. The molecule has 1 aromatic heterocycles. The molecule has 5 nitrogen and oxygen atoms in total. The lowest BCUT2D eigenvalue weighted by atomic mass is 10.0. The first-order valence-corrected chi connectivity index (χ1v) is 11.3. The van der Waals surface area contributed by atoms with Gasteiger partial charge in [-0.25, -0.2) is 4.79 Å². The minimum atomic E-state index is -0.371. The highest BCUT2D eigenvalue weighted by Crippen LogP contribution is 2.39. The van der Waals surface area contributed by atoms with Crippen LogP contribution in [0.3, 0.4) is 0 Å². The SMILES string of the molecule is CCOC(=O)c1c(NC(=O)COc2ccc(-c3ccc(C)cc3)cc2)sc2c1CCC2. The fourth-order valence-corrected chi connectivity index (χ4v) is 5.01. The molecule has 0 unspecified atom stereocenters. The summed E-state index contributed by atoms with van der Waals surface area (Å²) in [5.74, 6) is -0.0526. The Bertz CT molecular complexity index is 1080. The predicted octanol–water partition coefficient (Wildman–Crippen LogP) is 5.41. The molecule has 0 bridgehead atoms. The van der Waals surface area contributed by atoms with E-state index in [1.54, 1.807) is 6.92 Å². The number of hydrogen-bond acceptors (Lipinski definition) is 5. The van der Waals surface area contributed by atoms with E-state index >= 15 is 0 Å². The van der Waals surface area contributed by atoms with E-state index in [-0.39, 0.29) is 18.5 Å². The molecule has 0 fully saturated rings. The molecule has 0 aliphatic heterocycles. The van der Waals surface area contributed by atoms with Crippen LogP contribution in [-0.2, 0) is 22.4 Å². The molecule has 1 aliphatic rings. The Hall–Kier alpha value is -3.12. The van der Waals surface area contributed by atoms with Crippen LogP contribution in [0.2, 0.25) is 0 Å². The van der Waals surface area contributed by atoms with Gasteiger partial charge in [0.2, 0.25) is 0 Å². The van der Waals surface area contributed by atoms with Gasteiger partial charge in [-0.15, -0.1) is 11.3 Å². The highest BCUT2D eigenvalue weighted by atomic mass is 32.1. The van der Waals surface area contributed by atoms with E-state index in [2.05, 4.69) is 36.5 Å². The monoisotopic (exact) mass is 435 g/mol. The number of nitrogens with one attached hydrogen (secondary N) is 1. The fraction of sp³-hybridized carbons (Fsp3) is 0.280. The van der Waals surface area contributed by atoms with Crippen molar-refractivity contribution in [1.29, 1.82) is 0 Å². The van der Waals surface area contributed by atoms with Gasteiger partial charge in [0.25, 0.3) is 5.91 Å². The lowest BCUT2D eigenvalue weighted by Gasteiger charge is -2.10. The van der Waals surface area contributed by atoms with Crippen molar-refractivity contribution in [3.63, 3.8) is 0 Å². The highest BCUT2D eigenvalue weighted by Gasteiger charge is 2.28. The summed E-state index contributed by atoms with van der Waals surface area (Å²) in [5, 5.41) is 3.41. The van der Waals surface area contributed by atoms with Gasteiger partial charge in [-0.3, -0.25) is 4.79 Å². The topological polar surface area (TPSA) is 64.6 Å². The van der Waals surface area contributed by atoms with Crippen LogP contribution in [0.15, 0.2) is 48.5 Å². The minimum Gasteiger partial charge on any atom is -0.484 e. The van der Waals surface area contributed by atoms with Crippen LogP contribution < -0.4 is 10.1 Å². The van der Waals surface area contributed by atoms with E-state index < -0.39 is 0 Å². The summed E-state index contributed by atoms with van der Waals surface area (Å²) < 4.78 is 10.9. The van der Waals surface area contributed by atoms with E-state index in [0.717, 1.165) is 40.8 Å². The molecule has 4 rings (SSSR count). The number of aryl methyl sites for hydroxylation is 2. The second-order valence-electron chi connectivity index (χ2n) is 7.51. The summed E-state index contributed by atoms with van der Waals surface area (Å²) in [6.07, 6.45) is 2.81. The van der Waals surface area contributed by atoms with Gasteiger partial charge in [0.1, 0.15) is 10.8 Å². The van der Waals surface area contributed by atoms with Crippen LogP contribution in [0.1, 0.15) is 39.7 Å². The summed E-state index contributed by atoms with van der Waals surface area (Å²) in [5.41, 5.74) is 4.97. The van der Waals surface area contributed by atoms with Crippen LogP contribution in [0.25, 0.3) is 11.1 Å². The highest BCUT2D eigenvalue weighted by molar-refractivity contribution is 7.17. The lowest BCUT2D eigenvalue weighted by Crippen LogP contribution is -2.21. The summed E-state index contributed by atoms with van der Waals surface area (Å²) in [7, 11) is 0. The number of fused-ring (bicyclic) bond motifs is 1. The van der Waals surface area contributed by atoms with Crippen molar-refractivity contribution in [1.82, 2.24) is 0 Å². The molecule has 1 amide bonds. The van der Waals surface area contributed by atoms with Crippen molar-refractivity contribution in [2.45, 2.75) is 33.1 Å². The minimum absolute atomic E-state index is 0.130. The summed E-state index contributed by atoms with van der Waals surface area (Å²) in [4.78, 5) is 26.1. The molecule has 0 atom stereocenters. The van der Waals surface area contributed by atoms with Crippen LogP contribution in [0.4, 0.5) is 5.00 Å². The van der Waals surface area contributed by atoms with Gasteiger partial charge in [-0.05, 0) is 61.9 Å².